The number of hydrogen-bond acceptors (Lipinski definition) is 5. The molecule has 0 spiro atoms. The lowest BCUT2D eigenvalue weighted by Gasteiger charge is -2.05. The van der Waals surface area contributed by atoms with Gasteiger partial charge in [0.1, 0.15) is 0 Å². The molecule has 0 radical (unpaired) electrons. The third-order valence-corrected chi connectivity index (χ3v) is 5.10. The Morgan fingerprint density at radius 1 is 1.18 bits per heavy atom. The zero-order chi connectivity index (χ0) is 15.7. The predicted octanol–water partition coefficient (Wildman–Crippen LogP) is 1.77. The number of pyridine rings is 1. The molecule has 0 saturated carbocycles. The van der Waals surface area contributed by atoms with Gasteiger partial charge in [-0.25, -0.2) is 18.2 Å². The van der Waals surface area contributed by atoms with E-state index in [-0.39, 0.29) is 17.2 Å². The number of sulfone groups is 1. The average molecular weight is 318 g/mol. The van der Waals surface area contributed by atoms with Gasteiger partial charge in [-0.3, -0.25) is 4.57 Å². The van der Waals surface area contributed by atoms with Crippen LogP contribution in [0, 0.1) is 6.92 Å². The highest BCUT2D eigenvalue weighted by molar-refractivity contribution is 7.91. The Labute approximate surface area is 126 Å². The van der Waals surface area contributed by atoms with Crippen LogP contribution in [0.15, 0.2) is 56.7 Å². The fourth-order valence-corrected chi connectivity index (χ4v) is 3.38. The third-order valence-electron chi connectivity index (χ3n) is 3.39. The molecule has 114 valence electrons. The lowest BCUT2D eigenvalue weighted by molar-refractivity contribution is 0.511. The van der Waals surface area contributed by atoms with Crippen molar-refractivity contribution in [2.45, 2.75) is 18.4 Å². The molecule has 6 nitrogen and oxygen atoms in total. The zero-order valence-electron chi connectivity index (χ0n) is 11.9. The number of aryl methyl sites for hydroxylation is 2. The second-order valence-corrected chi connectivity index (χ2v) is 7.09. The van der Waals surface area contributed by atoms with E-state index in [1.807, 2.05) is 6.92 Å². The molecule has 0 aliphatic rings. The molecule has 0 unspecified atom stereocenters. The maximum Gasteiger partial charge on any atom is 0.421 e. The van der Waals surface area contributed by atoms with Gasteiger partial charge >= 0.3 is 5.76 Å². The summed E-state index contributed by atoms with van der Waals surface area (Å²) in [4.78, 5) is 16.1. The highest BCUT2D eigenvalue weighted by atomic mass is 32.2. The molecule has 0 atom stereocenters. The fourth-order valence-electron chi connectivity index (χ4n) is 2.17. The normalized spacial score (nSPS) is 11.9. The summed E-state index contributed by atoms with van der Waals surface area (Å²) in [7, 11) is -3.47. The molecule has 0 aliphatic carbocycles. The number of nitrogens with zero attached hydrogens (tertiary/aromatic N) is 2. The van der Waals surface area contributed by atoms with Crippen molar-refractivity contribution < 1.29 is 12.8 Å². The Balaban J connectivity index is 1.89. The molecule has 2 aromatic heterocycles. The summed E-state index contributed by atoms with van der Waals surface area (Å²) in [5.41, 5.74) is 1.69. The first-order valence-corrected chi connectivity index (χ1v) is 8.36. The van der Waals surface area contributed by atoms with Crippen molar-refractivity contribution in [2.24, 2.45) is 0 Å². The quantitative estimate of drug-likeness (QED) is 0.732. The summed E-state index contributed by atoms with van der Waals surface area (Å²) in [6.07, 6.45) is 1.53. The van der Waals surface area contributed by atoms with Gasteiger partial charge in [0.25, 0.3) is 0 Å². The Bertz CT molecular complexity index is 969. The smallest absolute Gasteiger partial charge is 0.406 e. The Morgan fingerprint density at radius 2 is 1.91 bits per heavy atom. The fraction of sp³-hybridized carbons (Fsp3) is 0.200. The van der Waals surface area contributed by atoms with E-state index >= 15 is 0 Å². The van der Waals surface area contributed by atoms with Crippen LogP contribution in [0.2, 0.25) is 0 Å². The van der Waals surface area contributed by atoms with Gasteiger partial charge in [0.15, 0.2) is 21.1 Å². The number of fused-ring (bicyclic) bond motifs is 1. The zero-order valence-corrected chi connectivity index (χ0v) is 12.7. The van der Waals surface area contributed by atoms with Gasteiger partial charge in [0.2, 0.25) is 0 Å². The summed E-state index contributed by atoms with van der Waals surface area (Å²) in [5, 5.41) is 0. The van der Waals surface area contributed by atoms with Crippen LogP contribution >= 0.6 is 0 Å². The van der Waals surface area contributed by atoms with Crippen molar-refractivity contribution in [3.05, 3.63) is 58.7 Å². The second-order valence-electron chi connectivity index (χ2n) is 4.98. The maximum absolute atomic E-state index is 12.3. The lowest BCUT2D eigenvalue weighted by Crippen LogP contribution is -2.20. The molecule has 2 heterocycles. The summed E-state index contributed by atoms with van der Waals surface area (Å²) in [5.74, 6) is -0.797. The highest BCUT2D eigenvalue weighted by Gasteiger charge is 2.17. The van der Waals surface area contributed by atoms with E-state index in [0.29, 0.717) is 11.2 Å². The van der Waals surface area contributed by atoms with Crippen molar-refractivity contribution in [3.63, 3.8) is 0 Å². The minimum atomic E-state index is -3.47. The monoisotopic (exact) mass is 318 g/mol. The standard InChI is InChI=1S/C15H14N2O4S/c1-11-4-6-12(7-5-11)22(19,20)10-9-17-14-13(21-15(17)18)3-2-8-16-14/h2-8H,9-10H2,1H3. The third kappa shape index (κ3) is 2.67. The van der Waals surface area contributed by atoms with Gasteiger partial charge in [-0.15, -0.1) is 0 Å². The van der Waals surface area contributed by atoms with Crippen molar-refractivity contribution in [3.8, 4) is 0 Å². The van der Waals surface area contributed by atoms with E-state index in [0.717, 1.165) is 5.56 Å². The first-order chi connectivity index (χ1) is 10.5. The molecule has 0 fully saturated rings. The maximum atomic E-state index is 12.3. The van der Waals surface area contributed by atoms with Crippen molar-refractivity contribution in [1.29, 1.82) is 0 Å². The van der Waals surface area contributed by atoms with Crippen LogP contribution in [-0.2, 0) is 16.4 Å². The van der Waals surface area contributed by atoms with Crippen LogP contribution in [0.4, 0.5) is 0 Å². The minimum Gasteiger partial charge on any atom is -0.406 e. The van der Waals surface area contributed by atoms with Gasteiger partial charge < -0.3 is 4.42 Å². The predicted molar refractivity (Wildman–Crippen MR) is 81.5 cm³/mol. The van der Waals surface area contributed by atoms with Gasteiger partial charge in [-0.05, 0) is 31.2 Å². The average Bonchev–Trinajstić information content (AvgIpc) is 2.81. The van der Waals surface area contributed by atoms with Crippen LogP contribution < -0.4 is 5.76 Å². The molecule has 0 amide bonds. The number of oxazole rings is 1. The van der Waals surface area contributed by atoms with E-state index in [1.54, 1.807) is 36.4 Å². The van der Waals surface area contributed by atoms with Crippen molar-refractivity contribution in [1.82, 2.24) is 9.55 Å². The number of rotatable bonds is 4. The minimum absolute atomic E-state index is 0.000936. The summed E-state index contributed by atoms with van der Waals surface area (Å²) >= 11 is 0. The molecule has 7 heteroatoms. The van der Waals surface area contributed by atoms with Crippen LogP contribution in [0.1, 0.15) is 5.56 Å². The van der Waals surface area contributed by atoms with E-state index < -0.39 is 15.6 Å². The molecular formula is C15H14N2O4S. The van der Waals surface area contributed by atoms with Gasteiger partial charge in [0.05, 0.1) is 10.6 Å². The SMILES string of the molecule is Cc1ccc(S(=O)(=O)CCn2c(=O)oc3cccnc32)cc1. The molecular weight excluding hydrogens is 304 g/mol. The van der Waals surface area contributed by atoms with Crippen LogP contribution in [0.3, 0.4) is 0 Å². The Morgan fingerprint density at radius 3 is 2.64 bits per heavy atom. The van der Waals surface area contributed by atoms with E-state index in [2.05, 4.69) is 4.98 Å². The molecule has 0 bridgehead atoms. The number of benzene rings is 1. The Hall–Kier alpha value is -2.41. The van der Waals surface area contributed by atoms with E-state index in [1.165, 1.54) is 10.8 Å². The molecule has 0 N–H and O–H groups in total. The van der Waals surface area contributed by atoms with Gasteiger partial charge in [0, 0.05) is 12.7 Å². The lowest BCUT2D eigenvalue weighted by atomic mass is 10.2. The van der Waals surface area contributed by atoms with Crippen LogP contribution in [-0.4, -0.2) is 23.7 Å². The van der Waals surface area contributed by atoms with Crippen LogP contribution in [0.25, 0.3) is 11.2 Å². The number of aromatic nitrogens is 2. The van der Waals surface area contributed by atoms with Gasteiger partial charge in [-0.1, -0.05) is 17.7 Å². The highest BCUT2D eigenvalue weighted by Crippen LogP contribution is 2.14. The van der Waals surface area contributed by atoms with Crippen LogP contribution in [0.5, 0.6) is 0 Å². The topological polar surface area (TPSA) is 82.2 Å². The summed E-state index contributed by atoms with van der Waals surface area (Å²) in [6.45, 7) is 1.89. The van der Waals surface area contributed by atoms with Gasteiger partial charge in [-0.2, -0.15) is 0 Å². The molecule has 1 aromatic carbocycles. The molecule has 0 saturated heterocycles. The van der Waals surface area contributed by atoms with E-state index in [4.69, 9.17) is 4.42 Å². The summed E-state index contributed by atoms with van der Waals surface area (Å²) < 4.78 is 30.9. The first kappa shape index (κ1) is 14.5. The summed E-state index contributed by atoms with van der Waals surface area (Å²) in [6, 6.07) is 9.90. The first-order valence-electron chi connectivity index (χ1n) is 6.71. The van der Waals surface area contributed by atoms with Crippen molar-refractivity contribution >= 4 is 21.1 Å². The molecule has 3 rings (SSSR count). The number of hydrogen-bond donors (Lipinski definition) is 0. The molecule has 0 aliphatic heterocycles. The molecule has 3 aromatic rings. The Kier molecular flexibility index (Phi) is 3.58. The molecule has 22 heavy (non-hydrogen) atoms. The second kappa shape index (κ2) is 5.42. The van der Waals surface area contributed by atoms with E-state index in [9.17, 15) is 13.2 Å². The van der Waals surface area contributed by atoms with Crippen molar-refractivity contribution in [2.75, 3.05) is 5.75 Å². The largest absolute Gasteiger partial charge is 0.421 e.